The summed E-state index contributed by atoms with van der Waals surface area (Å²) in [4.78, 5) is 26.2. The van der Waals surface area contributed by atoms with Gasteiger partial charge in [-0.05, 0) is 0 Å². The number of aryl methyl sites for hydroxylation is 1. The normalized spacial score (nSPS) is 19.5. The molecule has 1 aromatic heterocycles. The van der Waals surface area contributed by atoms with Crippen molar-refractivity contribution < 1.29 is 23.8 Å². The number of methoxy groups -OCH3 is 1. The van der Waals surface area contributed by atoms with E-state index in [9.17, 15) is 9.59 Å². The maximum atomic E-state index is 12.3. The number of piperidine rings is 1. The van der Waals surface area contributed by atoms with Crippen LogP contribution in [0.3, 0.4) is 0 Å². The fraction of sp³-hybridized carbons (Fsp3) is 0.667. The van der Waals surface area contributed by atoms with E-state index in [1.807, 2.05) is 0 Å². The highest BCUT2D eigenvalue weighted by Gasteiger charge is 2.40. The first kappa shape index (κ1) is 16.7. The van der Waals surface area contributed by atoms with Crippen molar-refractivity contribution >= 4 is 11.8 Å². The molecule has 24 heavy (non-hydrogen) atoms. The van der Waals surface area contributed by atoms with Gasteiger partial charge in [-0.1, -0.05) is 0 Å². The maximum Gasteiger partial charge on any atom is 0.258 e. The second-order valence-corrected chi connectivity index (χ2v) is 5.90. The predicted octanol–water partition coefficient (Wildman–Crippen LogP) is -0.476. The lowest BCUT2D eigenvalue weighted by Gasteiger charge is -2.37. The highest BCUT2D eigenvalue weighted by molar-refractivity contribution is 5.98. The van der Waals surface area contributed by atoms with Crippen LogP contribution in [0.15, 0.2) is 6.20 Å². The third kappa shape index (κ3) is 3.36. The van der Waals surface area contributed by atoms with Gasteiger partial charge in [-0.2, -0.15) is 0 Å². The van der Waals surface area contributed by atoms with E-state index in [1.54, 1.807) is 18.1 Å². The predicted molar refractivity (Wildman–Crippen MR) is 82.5 cm³/mol. The van der Waals surface area contributed by atoms with Gasteiger partial charge >= 0.3 is 0 Å². The molecule has 1 aromatic rings. The summed E-state index contributed by atoms with van der Waals surface area (Å²) in [5.74, 6) is -0.787. The SMILES string of the molecule is COc1nn(C)cc1C(=O)NCC(=O)N1CCC2(CC1)OCCO2. The first-order valence-corrected chi connectivity index (χ1v) is 7.94. The van der Waals surface area contributed by atoms with Gasteiger partial charge in [0.15, 0.2) is 5.79 Å². The summed E-state index contributed by atoms with van der Waals surface area (Å²) in [6.07, 6.45) is 2.87. The Morgan fingerprint density at radius 1 is 1.33 bits per heavy atom. The zero-order valence-corrected chi connectivity index (χ0v) is 13.9. The molecule has 2 fully saturated rings. The highest BCUT2D eigenvalue weighted by Crippen LogP contribution is 2.31. The number of aromatic nitrogens is 2. The number of carbonyl (C=O) groups excluding carboxylic acids is 2. The topological polar surface area (TPSA) is 94.9 Å². The van der Waals surface area contributed by atoms with Crippen LogP contribution in [0, 0.1) is 0 Å². The van der Waals surface area contributed by atoms with E-state index in [0.29, 0.717) is 44.7 Å². The summed E-state index contributed by atoms with van der Waals surface area (Å²) in [6, 6.07) is 0. The molecule has 2 saturated heterocycles. The van der Waals surface area contributed by atoms with Crippen molar-refractivity contribution in [1.29, 1.82) is 0 Å². The van der Waals surface area contributed by atoms with E-state index >= 15 is 0 Å². The first-order chi connectivity index (χ1) is 11.5. The fourth-order valence-corrected chi connectivity index (χ4v) is 3.02. The average Bonchev–Trinajstić information content (AvgIpc) is 3.19. The fourth-order valence-electron chi connectivity index (χ4n) is 3.02. The number of carbonyl (C=O) groups is 2. The number of nitrogens with one attached hydrogen (secondary N) is 1. The summed E-state index contributed by atoms with van der Waals surface area (Å²) in [5.41, 5.74) is 0.304. The Morgan fingerprint density at radius 3 is 2.62 bits per heavy atom. The summed E-state index contributed by atoms with van der Waals surface area (Å²) >= 11 is 0. The quantitative estimate of drug-likeness (QED) is 0.797. The summed E-state index contributed by atoms with van der Waals surface area (Å²) in [5, 5.41) is 6.64. The van der Waals surface area contributed by atoms with Gasteiger partial charge in [0, 0.05) is 39.2 Å². The lowest BCUT2D eigenvalue weighted by molar-refractivity contribution is -0.187. The van der Waals surface area contributed by atoms with Crippen molar-refractivity contribution in [3.63, 3.8) is 0 Å². The summed E-state index contributed by atoms with van der Waals surface area (Å²) in [7, 11) is 3.14. The van der Waals surface area contributed by atoms with Crippen LogP contribution in [0.1, 0.15) is 23.2 Å². The molecule has 0 unspecified atom stereocenters. The van der Waals surface area contributed by atoms with Crippen LogP contribution in [0.4, 0.5) is 0 Å². The monoisotopic (exact) mass is 338 g/mol. The molecule has 0 saturated carbocycles. The van der Waals surface area contributed by atoms with Gasteiger partial charge < -0.3 is 24.4 Å². The number of nitrogens with zero attached hydrogens (tertiary/aromatic N) is 3. The lowest BCUT2D eigenvalue weighted by atomic mass is 10.0. The zero-order valence-electron chi connectivity index (χ0n) is 13.9. The summed E-state index contributed by atoms with van der Waals surface area (Å²) < 4.78 is 17.8. The van der Waals surface area contributed by atoms with E-state index in [-0.39, 0.29) is 24.2 Å². The molecule has 132 valence electrons. The van der Waals surface area contributed by atoms with E-state index in [4.69, 9.17) is 14.2 Å². The standard InChI is InChI=1S/C15H22N4O5/c1-18-10-11(14(17-18)22-2)13(21)16-9-12(20)19-5-3-15(4-6-19)23-7-8-24-15/h10H,3-9H2,1-2H3,(H,16,21). The molecule has 0 aliphatic carbocycles. The van der Waals surface area contributed by atoms with Gasteiger partial charge in [0.05, 0.1) is 26.9 Å². The van der Waals surface area contributed by atoms with Crippen molar-refractivity contribution in [3.05, 3.63) is 11.8 Å². The Hall–Kier alpha value is -2.13. The van der Waals surface area contributed by atoms with Crippen molar-refractivity contribution in [3.8, 4) is 5.88 Å². The van der Waals surface area contributed by atoms with Crippen LogP contribution in [0.25, 0.3) is 0 Å². The average molecular weight is 338 g/mol. The Balaban J connectivity index is 1.49. The van der Waals surface area contributed by atoms with Crippen LogP contribution in [0.5, 0.6) is 5.88 Å². The van der Waals surface area contributed by atoms with Crippen molar-refractivity contribution in [1.82, 2.24) is 20.0 Å². The molecule has 9 heteroatoms. The molecule has 3 rings (SSSR count). The molecule has 0 bridgehead atoms. The number of amides is 2. The maximum absolute atomic E-state index is 12.3. The van der Waals surface area contributed by atoms with Gasteiger partial charge in [-0.15, -0.1) is 5.10 Å². The molecule has 1 spiro atoms. The number of ether oxygens (including phenoxy) is 3. The summed E-state index contributed by atoms with van der Waals surface area (Å²) in [6.45, 7) is 2.27. The van der Waals surface area contributed by atoms with Crippen LogP contribution < -0.4 is 10.1 Å². The highest BCUT2D eigenvalue weighted by atomic mass is 16.7. The minimum Gasteiger partial charge on any atom is -0.479 e. The minimum absolute atomic E-state index is 0.0639. The Labute approximate surface area is 139 Å². The van der Waals surface area contributed by atoms with E-state index in [1.165, 1.54) is 11.8 Å². The Kier molecular flexibility index (Phi) is 4.72. The van der Waals surface area contributed by atoms with Gasteiger partial charge in [0.2, 0.25) is 11.8 Å². The van der Waals surface area contributed by atoms with Gasteiger partial charge in [-0.3, -0.25) is 14.3 Å². The Bertz CT molecular complexity index is 613. The van der Waals surface area contributed by atoms with Crippen LogP contribution in [-0.2, 0) is 21.3 Å². The smallest absolute Gasteiger partial charge is 0.258 e. The van der Waals surface area contributed by atoms with E-state index in [2.05, 4.69) is 10.4 Å². The molecule has 3 heterocycles. The molecular formula is C15H22N4O5. The van der Waals surface area contributed by atoms with Crippen LogP contribution in [0.2, 0.25) is 0 Å². The molecule has 2 aliphatic rings. The molecule has 0 radical (unpaired) electrons. The molecule has 2 aliphatic heterocycles. The van der Waals surface area contributed by atoms with Crippen molar-refractivity contribution in [2.45, 2.75) is 18.6 Å². The van der Waals surface area contributed by atoms with E-state index < -0.39 is 5.79 Å². The molecule has 1 N–H and O–H groups in total. The molecule has 9 nitrogen and oxygen atoms in total. The van der Waals surface area contributed by atoms with Gasteiger partial charge in [0.1, 0.15) is 5.56 Å². The second kappa shape index (κ2) is 6.78. The minimum atomic E-state index is -0.511. The number of hydrogen-bond acceptors (Lipinski definition) is 6. The van der Waals surface area contributed by atoms with Gasteiger partial charge in [-0.25, -0.2) is 0 Å². The molecule has 0 aromatic carbocycles. The number of rotatable bonds is 4. The van der Waals surface area contributed by atoms with Crippen molar-refractivity contribution in [2.75, 3.05) is 40.0 Å². The van der Waals surface area contributed by atoms with Crippen LogP contribution in [-0.4, -0.2) is 72.2 Å². The zero-order chi connectivity index (χ0) is 17.2. The molecular weight excluding hydrogens is 316 g/mol. The van der Waals surface area contributed by atoms with Crippen molar-refractivity contribution in [2.24, 2.45) is 7.05 Å². The van der Waals surface area contributed by atoms with E-state index in [0.717, 1.165) is 0 Å². The lowest BCUT2D eigenvalue weighted by Crippen LogP contribution is -2.49. The first-order valence-electron chi connectivity index (χ1n) is 7.94. The second-order valence-electron chi connectivity index (χ2n) is 5.90. The third-order valence-corrected chi connectivity index (χ3v) is 4.32. The Morgan fingerprint density at radius 2 is 2.00 bits per heavy atom. The van der Waals surface area contributed by atoms with Crippen LogP contribution >= 0.6 is 0 Å². The number of likely N-dealkylation sites (tertiary alicyclic amines) is 1. The third-order valence-electron chi connectivity index (χ3n) is 4.32. The van der Waals surface area contributed by atoms with Gasteiger partial charge in [0.25, 0.3) is 5.91 Å². The largest absolute Gasteiger partial charge is 0.479 e. The number of hydrogen-bond donors (Lipinski definition) is 1. The molecule has 0 atom stereocenters. The molecule has 2 amide bonds.